The fourth-order valence-electron chi connectivity index (χ4n) is 3.48. The number of aryl methyl sites for hydroxylation is 1. The molecule has 4 heteroatoms. The lowest BCUT2D eigenvalue weighted by Crippen LogP contribution is -2.35. The highest BCUT2D eigenvalue weighted by Crippen LogP contribution is 2.23. The van der Waals surface area contributed by atoms with E-state index < -0.39 is 0 Å². The van der Waals surface area contributed by atoms with E-state index in [0.29, 0.717) is 24.9 Å². The Morgan fingerprint density at radius 1 is 1.21 bits per heavy atom. The summed E-state index contributed by atoms with van der Waals surface area (Å²) in [6.45, 7) is 6.87. The molecule has 3 nitrogen and oxygen atoms in total. The Morgan fingerprint density at radius 3 is 2.67 bits per heavy atom. The Morgan fingerprint density at radius 2 is 1.96 bits per heavy atom. The van der Waals surface area contributed by atoms with Crippen molar-refractivity contribution in [1.29, 1.82) is 0 Å². The summed E-state index contributed by atoms with van der Waals surface area (Å²) in [6, 6.07) is 6.64. The van der Waals surface area contributed by atoms with Crippen molar-refractivity contribution in [1.82, 2.24) is 4.90 Å². The van der Waals surface area contributed by atoms with Gasteiger partial charge in [-0.2, -0.15) is 0 Å². The van der Waals surface area contributed by atoms with Gasteiger partial charge in [0.1, 0.15) is 5.78 Å². The molecule has 0 saturated carbocycles. The highest BCUT2D eigenvalue weighted by atomic mass is 35.5. The summed E-state index contributed by atoms with van der Waals surface area (Å²) in [7, 11) is 1.70. The molecule has 0 spiro atoms. The molecule has 1 aliphatic heterocycles. The van der Waals surface area contributed by atoms with Crippen LogP contribution in [0.25, 0.3) is 0 Å². The topological polar surface area (TPSA) is 29.5 Å². The van der Waals surface area contributed by atoms with Crippen molar-refractivity contribution in [3.63, 3.8) is 0 Å². The lowest BCUT2D eigenvalue weighted by molar-refractivity contribution is -0.124. The average Bonchev–Trinajstić information content (AvgIpc) is 2.57. The van der Waals surface area contributed by atoms with Crippen molar-refractivity contribution in [2.75, 3.05) is 26.8 Å². The molecule has 0 aromatic heterocycles. The molecule has 2 rings (SSSR count). The lowest BCUT2D eigenvalue weighted by Gasteiger charge is -2.26. The maximum absolute atomic E-state index is 12.7. The number of halogens is 1. The van der Waals surface area contributed by atoms with E-state index in [9.17, 15) is 4.79 Å². The molecule has 0 radical (unpaired) electrons. The zero-order chi connectivity index (χ0) is 17.5. The molecule has 1 aliphatic rings. The molecule has 1 aromatic rings. The highest BCUT2D eigenvalue weighted by molar-refractivity contribution is 6.30. The van der Waals surface area contributed by atoms with Crippen LogP contribution in [0.3, 0.4) is 0 Å². The van der Waals surface area contributed by atoms with E-state index in [4.69, 9.17) is 16.3 Å². The third-order valence-electron chi connectivity index (χ3n) is 5.10. The molecule has 24 heavy (non-hydrogen) atoms. The van der Waals surface area contributed by atoms with Crippen molar-refractivity contribution < 1.29 is 9.53 Å². The molecular weight excluding hydrogens is 322 g/mol. The van der Waals surface area contributed by atoms with Crippen LogP contribution in [0, 0.1) is 5.92 Å². The molecule has 0 saturated heterocycles. The first-order chi connectivity index (χ1) is 11.5. The van der Waals surface area contributed by atoms with Crippen LogP contribution in [-0.2, 0) is 22.4 Å². The van der Waals surface area contributed by atoms with E-state index in [1.807, 2.05) is 6.07 Å². The summed E-state index contributed by atoms with van der Waals surface area (Å²) in [5.41, 5.74) is 2.66. The SMILES string of the molecule is COCCC1CCc2ccc(Cl)cc2CCN(C(C)C)CCC1=O. The third-order valence-corrected chi connectivity index (χ3v) is 5.34. The first kappa shape index (κ1) is 19.4. The van der Waals surface area contributed by atoms with Gasteiger partial charge in [0.15, 0.2) is 0 Å². The van der Waals surface area contributed by atoms with Crippen molar-refractivity contribution in [2.24, 2.45) is 5.92 Å². The Bertz CT molecular complexity index is 544. The molecule has 1 aromatic carbocycles. The normalized spacial score (nSPS) is 20.7. The number of ketones is 1. The minimum atomic E-state index is 0.0978. The van der Waals surface area contributed by atoms with Crippen LogP contribution in [0.5, 0.6) is 0 Å². The number of carbonyl (C=O) groups is 1. The fourth-order valence-corrected chi connectivity index (χ4v) is 3.67. The molecular formula is C20H30ClNO2. The monoisotopic (exact) mass is 351 g/mol. The van der Waals surface area contributed by atoms with Gasteiger partial charge < -0.3 is 9.64 Å². The summed E-state index contributed by atoms with van der Waals surface area (Å²) >= 11 is 6.21. The Hall–Kier alpha value is -0.900. The zero-order valence-corrected chi connectivity index (χ0v) is 15.9. The molecule has 1 atom stereocenters. The number of Topliss-reactive ketones (excluding diaryl/α,β-unsaturated/α-hetero) is 1. The average molecular weight is 352 g/mol. The van der Waals surface area contributed by atoms with Gasteiger partial charge >= 0.3 is 0 Å². The second-order valence-corrected chi connectivity index (χ2v) is 7.46. The molecule has 0 fully saturated rings. The largest absolute Gasteiger partial charge is 0.385 e. The number of fused-ring (bicyclic) bond motifs is 1. The summed E-state index contributed by atoms with van der Waals surface area (Å²) in [5.74, 6) is 0.482. The van der Waals surface area contributed by atoms with E-state index in [2.05, 4.69) is 30.9 Å². The molecule has 134 valence electrons. The second-order valence-electron chi connectivity index (χ2n) is 7.03. The van der Waals surface area contributed by atoms with Gasteiger partial charge in [-0.15, -0.1) is 0 Å². The Labute approximate surface area is 151 Å². The molecule has 0 N–H and O–H groups in total. The van der Waals surface area contributed by atoms with Gasteiger partial charge in [0.05, 0.1) is 0 Å². The van der Waals surface area contributed by atoms with E-state index in [1.165, 1.54) is 11.1 Å². The van der Waals surface area contributed by atoms with Gasteiger partial charge in [-0.25, -0.2) is 0 Å². The first-order valence-corrected chi connectivity index (χ1v) is 9.42. The van der Waals surface area contributed by atoms with Gasteiger partial charge in [-0.05, 0) is 62.8 Å². The second kappa shape index (κ2) is 9.55. The number of hydrogen-bond acceptors (Lipinski definition) is 3. The summed E-state index contributed by atoms with van der Waals surface area (Å²) in [6.07, 6.45) is 4.29. The van der Waals surface area contributed by atoms with Crippen molar-refractivity contribution in [3.05, 3.63) is 34.3 Å². The summed E-state index contributed by atoms with van der Waals surface area (Å²) in [4.78, 5) is 15.1. The standard InChI is InChI=1S/C20H30ClNO2/c1-15(2)22-11-8-18-14-19(21)7-6-16(18)4-5-17(10-13-24-3)20(23)9-12-22/h6-7,14-15,17H,4-5,8-13H2,1-3H3. The molecule has 1 heterocycles. The quantitative estimate of drug-likeness (QED) is 0.816. The highest BCUT2D eigenvalue weighted by Gasteiger charge is 2.22. The number of benzene rings is 1. The first-order valence-electron chi connectivity index (χ1n) is 9.04. The van der Waals surface area contributed by atoms with Crippen LogP contribution in [-0.4, -0.2) is 43.5 Å². The molecule has 1 unspecified atom stereocenters. The van der Waals surface area contributed by atoms with Crippen molar-refractivity contribution >= 4 is 17.4 Å². The van der Waals surface area contributed by atoms with E-state index in [1.54, 1.807) is 7.11 Å². The molecule has 0 aliphatic carbocycles. The predicted molar refractivity (Wildman–Crippen MR) is 99.8 cm³/mol. The van der Waals surface area contributed by atoms with Crippen molar-refractivity contribution in [2.45, 2.75) is 52.0 Å². The number of carbonyl (C=O) groups excluding carboxylic acids is 1. The lowest BCUT2D eigenvalue weighted by atomic mass is 9.90. The van der Waals surface area contributed by atoms with Crippen molar-refractivity contribution in [3.8, 4) is 0 Å². The van der Waals surface area contributed by atoms with Gasteiger partial charge in [0.25, 0.3) is 0 Å². The van der Waals surface area contributed by atoms with Gasteiger partial charge in [-0.1, -0.05) is 17.7 Å². The number of hydrogen-bond donors (Lipinski definition) is 0. The maximum Gasteiger partial charge on any atom is 0.137 e. The molecule has 0 bridgehead atoms. The Kier molecular flexibility index (Phi) is 7.73. The van der Waals surface area contributed by atoms with Crippen LogP contribution in [0.15, 0.2) is 18.2 Å². The third kappa shape index (κ3) is 5.58. The number of methoxy groups -OCH3 is 1. The smallest absolute Gasteiger partial charge is 0.137 e. The summed E-state index contributed by atoms with van der Waals surface area (Å²) in [5, 5.41) is 0.798. The summed E-state index contributed by atoms with van der Waals surface area (Å²) < 4.78 is 5.21. The number of rotatable bonds is 4. The maximum atomic E-state index is 12.7. The van der Waals surface area contributed by atoms with Crippen LogP contribution in [0.2, 0.25) is 5.02 Å². The van der Waals surface area contributed by atoms with Gasteiger partial charge in [0.2, 0.25) is 0 Å². The van der Waals surface area contributed by atoms with Gasteiger partial charge in [0, 0.05) is 50.2 Å². The van der Waals surface area contributed by atoms with Crippen LogP contribution < -0.4 is 0 Å². The van der Waals surface area contributed by atoms with Gasteiger partial charge in [-0.3, -0.25) is 4.79 Å². The Balaban J connectivity index is 2.23. The fraction of sp³-hybridized carbons (Fsp3) is 0.650. The van der Waals surface area contributed by atoms with E-state index in [-0.39, 0.29) is 5.92 Å². The van der Waals surface area contributed by atoms with Crippen LogP contribution in [0.4, 0.5) is 0 Å². The predicted octanol–water partition coefficient (Wildman–Crippen LogP) is 4.15. The number of nitrogens with zero attached hydrogens (tertiary/aromatic N) is 1. The molecule has 0 amide bonds. The van der Waals surface area contributed by atoms with Crippen LogP contribution >= 0.6 is 11.6 Å². The zero-order valence-electron chi connectivity index (χ0n) is 15.2. The van der Waals surface area contributed by atoms with E-state index >= 15 is 0 Å². The number of ether oxygens (including phenoxy) is 1. The van der Waals surface area contributed by atoms with Crippen LogP contribution in [0.1, 0.15) is 44.2 Å². The minimum absolute atomic E-state index is 0.0978. The minimum Gasteiger partial charge on any atom is -0.385 e. The van der Waals surface area contributed by atoms with E-state index in [0.717, 1.165) is 43.8 Å².